The van der Waals surface area contributed by atoms with E-state index in [1.807, 2.05) is 0 Å². The quantitative estimate of drug-likeness (QED) is 0.674. The molecule has 2 saturated heterocycles. The van der Waals surface area contributed by atoms with Gasteiger partial charge in [0.2, 0.25) is 17.7 Å². The minimum atomic E-state index is -0.991. The summed E-state index contributed by atoms with van der Waals surface area (Å²) in [6.07, 6.45) is 4.26. The lowest BCUT2D eigenvalue weighted by atomic mass is 10.0. The molecule has 0 saturated carbocycles. The third-order valence-corrected chi connectivity index (χ3v) is 5.67. The van der Waals surface area contributed by atoms with Gasteiger partial charge in [0.25, 0.3) is 11.8 Å². The molecular formula is C21H19N5O5. The van der Waals surface area contributed by atoms with Crippen molar-refractivity contribution in [1.29, 1.82) is 0 Å². The van der Waals surface area contributed by atoms with Crippen molar-refractivity contribution < 1.29 is 23.9 Å². The molecule has 31 heavy (non-hydrogen) atoms. The summed E-state index contributed by atoms with van der Waals surface area (Å²) in [5.74, 6) is -1.71. The van der Waals surface area contributed by atoms with Crippen LogP contribution in [0.25, 0.3) is 11.3 Å². The van der Waals surface area contributed by atoms with E-state index < -0.39 is 29.7 Å². The second kappa shape index (κ2) is 7.55. The molecule has 2 atom stereocenters. The van der Waals surface area contributed by atoms with E-state index >= 15 is 0 Å². The maximum Gasteiger partial charge on any atom is 0.262 e. The van der Waals surface area contributed by atoms with Crippen molar-refractivity contribution in [3.8, 4) is 17.1 Å². The van der Waals surface area contributed by atoms with Gasteiger partial charge >= 0.3 is 0 Å². The zero-order valence-corrected chi connectivity index (χ0v) is 16.5. The highest BCUT2D eigenvalue weighted by molar-refractivity contribution is 6.23. The fraction of sp³-hybridized carbons (Fsp3) is 0.333. The van der Waals surface area contributed by atoms with Crippen LogP contribution in [0.15, 0.2) is 30.6 Å². The van der Waals surface area contributed by atoms with Gasteiger partial charge in [0.05, 0.1) is 29.2 Å². The number of aromatic nitrogens is 2. The van der Waals surface area contributed by atoms with Crippen LogP contribution < -0.4 is 15.4 Å². The van der Waals surface area contributed by atoms with Crippen LogP contribution in [0.1, 0.15) is 40.0 Å². The van der Waals surface area contributed by atoms with E-state index in [0.29, 0.717) is 17.1 Å². The Balaban J connectivity index is 1.37. The number of nitrogens with zero attached hydrogens (tertiary/aromatic N) is 3. The summed E-state index contributed by atoms with van der Waals surface area (Å²) in [5, 5.41) is 5.40. The summed E-state index contributed by atoms with van der Waals surface area (Å²) >= 11 is 0. The number of benzene rings is 1. The number of imide groups is 2. The van der Waals surface area contributed by atoms with Crippen LogP contribution in [0.5, 0.6) is 5.88 Å². The Kier molecular flexibility index (Phi) is 4.70. The van der Waals surface area contributed by atoms with Crippen molar-refractivity contribution in [1.82, 2.24) is 25.5 Å². The summed E-state index contributed by atoms with van der Waals surface area (Å²) in [6.45, 7) is 1.68. The van der Waals surface area contributed by atoms with Gasteiger partial charge in [0.1, 0.15) is 12.1 Å². The van der Waals surface area contributed by atoms with Crippen LogP contribution in [0.3, 0.4) is 0 Å². The second-order valence-electron chi connectivity index (χ2n) is 7.68. The van der Waals surface area contributed by atoms with E-state index in [0.717, 1.165) is 24.4 Å². The van der Waals surface area contributed by atoms with E-state index in [1.54, 1.807) is 24.4 Å². The van der Waals surface area contributed by atoms with E-state index in [-0.39, 0.29) is 30.1 Å². The molecule has 4 heterocycles. The van der Waals surface area contributed by atoms with Crippen molar-refractivity contribution in [3.63, 3.8) is 0 Å². The fourth-order valence-electron chi connectivity index (χ4n) is 4.06. The molecule has 1 unspecified atom stereocenters. The van der Waals surface area contributed by atoms with Gasteiger partial charge in [-0.1, -0.05) is 6.07 Å². The van der Waals surface area contributed by atoms with E-state index in [9.17, 15) is 19.2 Å². The zero-order valence-electron chi connectivity index (χ0n) is 16.5. The highest BCUT2D eigenvalue weighted by atomic mass is 16.5. The fourth-order valence-corrected chi connectivity index (χ4v) is 4.06. The third kappa shape index (κ3) is 3.44. The predicted octanol–water partition coefficient (Wildman–Crippen LogP) is 0.285. The molecule has 0 spiro atoms. The molecule has 0 bridgehead atoms. The summed E-state index contributed by atoms with van der Waals surface area (Å²) in [5.41, 5.74) is 1.57. The molecule has 0 aliphatic carbocycles. The van der Waals surface area contributed by atoms with Gasteiger partial charge < -0.3 is 10.1 Å². The van der Waals surface area contributed by atoms with Gasteiger partial charge in [0, 0.05) is 18.5 Å². The normalized spacial score (nSPS) is 23.2. The van der Waals surface area contributed by atoms with Crippen molar-refractivity contribution >= 4 is 23.6 Å². The molecule has 2 aromatic rings. The second-order valence-corrected chi connectivity index (χ2v) is 7.68. The molecule has 158 valence electrons. The first-order valence-corrected chi connectivity index (χ1v) is 10.1. The average Bonchev–Trinajstić information content (AvgIpc) is 3.36. The van der Waals surface area contributed by atoms with Gasteiger partial charge in [0.15, 0.2) is 0 Å². The minimum Gasteiger partial charge on any atom is -0.472 e. The van der Waals surface area contributed by atoms with Crippen LogP contribution in [-0.2, 0) is 9.59 Å². The Hall–Kier alpha value is -3.66. The van der Waals surface area contributed by atoms with Gasteiger partial charge in [-0.15, -0.1) is 0 Å². The molecule has 0 radical (unpaired) electrons. The number of rotatable bonds is 4. The molecule has 3 aliphatic rings. The number of ether oxygens (including phenoxy) is 1. The number of carbonyl (C=O) groups excluding carboxylic acids is 4. The molecule has 1 aromatic carbocycles. The lowest BCUT2D eigenvalue weighted by Crippen LogP contribution is -2.54. The van der Waals surface area contributed by atoms with Crippen molar-refractivity contribution in [2.75, 3.05) is 13.1 Å². The van der Waals surface area contributed by atoms with Crippen molar-refractivity contribution in [2.45, 2.75) is 31.4 Å². The minimum absolute atomic E-state index is 0.0713. The van der Waals surface area contributed by atoms with Crippen molar-refractivity contribution in [3.05, 3.63) is 41.7 Å². The average molecular weight is 421 g/mol. The molecule has 3 aliphatic heterocycles. The topological polar surface area (TPSA) is 131 Å². The summed E-state index contributed by atoms with van der Waals surface area (Å²) in [7, 11) is 0. The number of fused-ring (bicyclic) bond motifs is 1. The number of hydrogen-bond donors (Lipinski definition) is 2. The van der Waals surface area contributed by atoms with Crippen LogP contribution in [0, 0.1) is 0 Å². The first-order chi connectivity index (χ1) is 15.0. The monoisotopic (exact) mass is 421 g/mol. The Morgan fingerprint density at radius 1 is 1.00 bits per heavy atom. The molecule has 1 aromatic heterocycles. The lowest BCUT2D eigenvalue weighted by molar-refractivity contribution is -0.136. The molecule has 4 amide bonds. The van der Waals surface area contributed by atoms with E-state index in [1.165, 1.54) is 6.20 Å². The number of hydrogen-bond acceptors (Lipinski definition) is 8. The van der Waals surface area contributed by atoms with E-state index in [2.05, 4.69) is 20.6 Å². The summed E-state index contributed by atoms with van der Waals surface area (Å²) in [4.78, 5) is 58.9. The number of piperidine rings is 1. The van der Waals surface area contributed by atoms with Crippen LogP contribution in [0.2, 0.25) is 0 Å². The number of nitrogens with one attached hydrogen (secondary N) is 2. The first kappa shape index (κ1) is 19.3. The maximum atomic E-state index is 12.9. The first-order valence-electron chi connectivity index (χ1n) is 10.1. The highest BCUT2D eigenvalue weighted by Crippen LogP contribution is 2.30. The van der Waals surface area contributed by atoms with Crippen LogP contribution in [0.4, 0.5) is 0 Å². The molecule has 10 nitrogen and oxygen atoms in total. The Morgan fingerprint density at radius 2 is 1.84 bits per heavy atom. The number of amides is 4. The Morgan fingerprint density at radius 3 is 2.55 bits per heavy atom. The SMILES string of the molecule is O=C1CCC(N2C(=O)c3ccc(-c4cnc(O[C@@H]5CCNC5)cn4)cc3C2=O)C(=O)N1. The smallest absolute Gasteiger partial charge is 0.262 e. The molecule has 5 rings (SSSR count). The Labute approximate surface area is 177 Å². The van der Waals surface area contributed by atoms with Crippen LogP contribution in [-0.4, -0.2) is 63.7 Å². The maximum absolute atomic E-state index is 12.9. The Bertz CT molecular complexity index is 1090. The molecule has 2 fully saturated rings. The lowest BCUT2D eigenvalue weighted by Gasteiger charge is -2.27. The van der Waals surface area contributed by atoms with Gasteiger partial charge in [-0.2, -0.15) is 0 Å². The zero-order chi connectivity index (χ0) is 21.5. The van der Waals surface area contributed by atoms with Gasteiger partial charge in [-0.3, -0.25) is 29.4 Å². The van der Waals surface area contributed by atoms with Crippen molar-refractivity contribution in [2.24, 2.45) is 0 Å². The molecular weight excluding hydrogens is 402 g/mol. The van der Waals surface area contributed by atoms with Crippen LogP contribution >= 0.6 is 0 Å². The standard InChI is InChI=1S/C21H19N5O5/c27-17-4-3-16(19(28)25-17)26-20(29)13-2-1-11(7-14(13)21(26)30)15-9-24-18(10-23-15)31-12-5-6-22-8-12/h1-2,7,9-10,12,16,22H,3-6,8H2,(H,25,27,28)/t12-,16?/m1/s1. The largest absolute Gasteiger partial charge is 0.472 e. The molecule has 2 N–H and O–H groups in total. The van der Waals surface area contributed by atoms with E-state index in [4.69, 9.17) is 4.74 Å². The molecule has 10 heteroatoms. The third-order valence-electron chi connectivity index (χ3n) is 5.67. The highest BCUT2D eigenvalue weighted by Gasteiger charge is 2.44. The number of carbonyl (C=O) groups is 4. The predicted molar refractivity (Wildman–Crippen MR) is 106 cm³/mol. The van der Waals surface area contributed by atoms with Gasteiger partial charge in [-0.05, 0) is 31.5 Å². The summed E-state index contributed by atoms with van der Waals surface area (Å²) < 4.78 is 5.77. The summed E-state index contributed by atoms with van der Waals surface area (Å²) in [6, 6.07) is 3.82. The van der Waals surface area contributed by atoms with Gasteiger partial charge in [-0.25, -0.2) is 9.97 Å².